The van der Waals surface area contributed by atoms with E-state index in [2.05, 4.69) is 31.3 Å². The zero-order chi connectivity index (χ0) is 17.3. The quantitative estimate of drug-likeness (QED) is 0.735. The standard InChI is InChI=1S/C15H13BrFN5O2/c1-21-14-10(7-19-21)15(24)22(8-18-14)5-4-13(23)20-12-3-2-9(16)6-11(12)17/h2-3,6-8H,4-5H2,1H3,(H,20,23). The Morgan fingerprint density at radius 2 is 2.21 bits per heavy atom. The fraction of sp³-hybridized carbons (Fsp3) is 0.200. The molecule has 3 rings (SSSR count). The molecule has 0 aliphatic carbocycles. The van der Waals surface area contributed by atoms with Gasteiger partial charge in [0.25, 0.3) is 5.56 Å². The van der Waals surface area contributed by atoms with Crippen LogP contribution >= 0.6 is 15.9 Å². The van der Waals surface area contributed by atoms with Gasteiger partial charge in [-0.2, -0.15) is 5.10 Å². The maximum Gasteiger partial charge on any atom is 0.264 e. The van der Waals surface area contributed by atoms with Crippen molar-refractivity contribution in [1.29, 1.82) is 0 Å². The number of nitrogens with zero attached hydrogens (tertiary/aromatic N) is 4. The van der Waals surface area contributed by atoms with E-state index in [9.17, 15) is 14.0 Å². The average Bonchev–Trinajstić information content (AvgIpc) is 2.92. The molecule has 2 aromatic heterocycles. The van der Waals surface area contributed by atoms with Crippen LogP contribution in [0.1, 0.15) is 6.42 Å². The second kappa shape index (κ2) is 6.52. The first-order chi connectivity index (χ1) is 11.5. The number of carbonyl (C=O) groups excluding carboxylic acids is 1. The highest BCUT2D eigenvalue weighted by Gasteiger charge is 2.11. The second-order valence-electron chi connectivity index (χ2n) is 5.17. The third kappa shape index (κ3) is 3.21. The Morgan fingerprint density at radius 3 is 2.96 bits per heavy atom. The third-order valence-electron chi connectivity index (χ3n) is 3.50. The molecule has 0 saturated heterocycles. The monoisotopic (exact) mass is 393 g/mol. The van der Waals surface area contributed by atoms with Crippen LogP contribution in [0.3, 0.4) is 0 Å². The van der Waals surface area contributed by atoms with Crippen LogP contribution in [0, 0.1) is 5.82 Å². The largest absolute Gasteiger partial charge is 0.324 e. The molecule has 9 heteroatoms. The number of amides is 1. The molecule has 0 spiro atoms. The molecule has 0 fully saturated rings. The van der Waals surface area contributed by atoms with E-state index < -0.39 is 11.7 Å². The zero-order valence-corrected chi connectivity index (χ0v) is 14.2. The summed E-state index contributed by atoms with van der Waals surface area (Å²) in [7, 11) is 1.69. The summed E-state index contributed by atoms with van der Waals surface area (Å²) in [6.07, 6.45) is 2.83. The predicted octanol–water partition coefficient (Wildman–Crippen LogP) is 2.06. The minimum atomic E-state index is -0.534. The average molecular weight is 394 g/mol. The van der Waals surface area contributed by atoms with E-state index in [1.165, 1.54) is 33.9 Å². The molecule has 0 aliphatic heterocycles. The molecule has 2 heterocycles. The van der Waals surface area contributed by atoms with Crippen molar-refractivity contribution in [1.82, 2.24) is 19.3 Å². The Morgan fingerprint density at radius 1 is 1.42 bits per heavy atom. The van der Waals surface area contributed by atoms with E-state index in [1.54, 1.807) is 13.1 Å². The minimum absolute atomic E-state index is 0.0167. The van der Waals surface area contributed by atoms with Gasteiger partial charge in [0, 0.05) is 24.5 Å². The maximum absolute atomic E-state index is 13.7. The second-order valence-corrected chi connectivity index (χ2v) is 6.09. The molecular formula is C15H13BrFN5O2. The number of aromatic nitrogens is 4. The predicted molar refractivity (Wildman–Crippen MR) is 90.1 cm³/mol. The molecule has 0 atom stereocenters. The van der Waals surface area contributed by atoms with E-state index in [0.717, 1.165) is 0 Å². The van der Waals surface area contributed by atoms with Crippen molar-refractivity contribution in [2.45, 2.75) is 13.0 Å². The molecule has 1 N–H and O–H groups in total. The number of aryl methyl sites for hydroxylation is 2. The van der Waals surface area contributed by atoms with Crippen molar-refractivity contribution in [2.75, 3.05) is 5.32 Å². The third-order valence-corrected chi connectivity index (χ3v) is 4.00. The van der Waals surface area contributed by atoms with Crippen LogP contribution in [-0.4, -0.2) is 25.2 Å². The van der Waals surface area contributed by atoms with Gasteiger partial charge in [-0.3, -0.25) is 18.8 Å². The van der Waals surface area contributed by atoms with Gasteiger partial charge >= 0.3 is 0 Å². The SMILES string of the molecule is Cn1ncc2c(=O)n(CCC(=O)Nc3ccc(Br)cc3F)cnc21. The van der Waals surface area contributed by atoms with Crippen molar-refractivity contribution in [3.8, 4) is 0 Å². The number of hydrogen-bond acceptors (Lipinski definition) is 4. The number of rotatable bonds is 4. The van der Waals surface area contributed by atoms with E-state index in [0.29, 0.717) is 15.5 Å². The van der Waals surface area contributed by atoms with Gasteiger partial charge in [-0.25, -0.2) is 9.37 Å². The Bertz CT molecular complexity index is 982. The van der Waals surface area contributed by atoms with Crippen LogP contribution in [0.25, 0.3) is 11.0 Å². The van der Waals surface area contributed by atoms with E-state index in [-0.39, 0.29) is 24.2 Å². The van der Waals surface area contributed by atoms with Gasteiger partial charge in [-0.15, -0.1) is 0 Å². The smallest absolute Gasteiger partial charge is 0.264 e. The topological polar surface area (TPSA) is 81.8 Å². The van der Waals surface area contributed by atoms with Crippen LogP contribution < -0.4 is 10.9 Å². The van der Waals surface area contributed by atoms with Crippen molar-refractivity contribution in [3.63, 3.8) is 0 Å². The molecule has 124 valence electrons. The highest BCUT2D eigenvalue weighted by atomic mass is 79.9. The molecule has 7 nitrogen and oxygen atoms in total. The van der Waals surface area contributed by atoms with Gasteiger partial charge in [0.05, 0.1) is 18.2 Å². The van der Waals surface area contributed by atoms with Crippen molar-refractivity contribution in [3.05, 3.63) is 51.4 Å². The van der Waals surface area contributed by atoms with E-state index in [1.807, 2.05) is 0 Å². The lowest BCUT2D eigenvalue weighted by Gasteiger charge is -2.08. The molecule has 1 aromatic carbocycles. The van der Waals surface area contributed by atoms with Gasteiger partial charge in [-0.05, 0) is 18.2 Å². The lowest BCUT2D eigenvalue weighted by atomic mass is 10.3. The van der Waals surface area contributed by atoms with Crippen LogP contribution in [0.5, 0.6) is 0 Å². The number of carbonyl (C=O) groups is 1. The summed E-state index contributed by atoms with van der Waals surface area (Å²) in [5.41, 5.74) is 0.310. The first kappa shape index (κ1) is 16.3. The van der Waals surface area contributed by atoms with Gasteiger partial charge in [-0.1, -0.05) is 15.9 Å². The van der Waals surface area contributed by atoms with Gasteiger partial charge < -0.3 is 5.32 Å². The molecule has 0 saturated carbocycles. The molecule has 0 unspecified atom stereocenters. The number of hydrogen-bond donors (Lipinski definition) is 1. The lowest BCUT2D eigenvalue weighted by molar-refractivity contribution is -0.116. The summed E-state index contributed by atoms with van der Waals surface area (Å²) in [4.78, 5) is 28.4. The minimum Gasteiger partial charge on any atom is -0.324 e. The maximum atomic E-state index is 13.7. The molecule has 0 radical (unpaired) electrons. The molecule has 0 bridgehead atoms. The number of halogens is 2. The Balaban J connectivity index is 1.70. The number of fused-ring (bicyclic) bond motifs is 1. The van der Waals surface area contributed by atoms with Crippen molar-refractivity contribution in [2.24, 2.45) is 7.05 Å². The first-order valence-electron chi connectivity index (χ1n) is 7.08. The molecule has 1 amide bonds. The summed E-state index contributed by atoms with van der Waals surface area (Å²) in [5, 5.41) is 6.85. The van der Waals surface area contributed by atoms with Crippen molar-refractivity contribution >= 4 is 38.6 Å². The molecule has 3 aromatic rings. The van der Waals surface area contributed by atoms with Gasteiger partial charge in [0.15, 0.2) is 5.65 Å². The van der Waals surface area contributed by atoms with Crippen LogP contribution in [0.2, 0.25) is 0 Å². The van der Waals surface area contributed by atoms with Gasteiger partial charge in [0.2, 0.25) is 5.91 Å². The Kier molecular flexibility index (Phi) is 4.43. The summed E-state index contributed by atoms with van der Waals surface area (Å²) in [6.45, 7) is 0.140. The zero-order valence-electron chi connectivity index (χ0n) is 12.7. The fourth-order valence-electron chi connectivity index (χ4n) is 2.25. The van der Waals surface area contributed by atoms with Crippen LogP contribution in [0.15, 0.2) is 40.0 Å². The normalized spacial score (nSPS) is 11.0. The highest BCUT2D eigenvalue weighted by molar-refractivity contribution is 9.10. The van der Waals surface area contributed by atoms with Crippen molar-refractivity contribution < 1.29 is 9.18 Å². The number of benzene rings is 1. The lowest BCUT2D eigenvalue weighted by Crippen LogP contribution is -2.23. The number of anilines is 1. The highest BCUT2D eigenvalue weighted by Crippen LogP contribution is 2.19. The molecule has 0 aliphatic rings. The molecular weight excluding hydrogens is 381 g/mol. The fourth-order valence-corrected chi connectivity index (χ4v) is 2.58. The number of nitrogens with one attached hydrogen (secondary N) is 1. The van der Waals surface area contributed by atoms with E-state index in [4.69, 9.17) is 0 Å². The summed E-state index contributed by atoms with van der Waals surface area (Å²) in [5.74, 6) is -0.928. The molecule has 24 heavy (non-hydrogen) atoms. The summed E-state index contributed by atoms with van der Waals surface area (Å²) < 4.78 is 17.1. The Hall–Kier alpha value is -2.55. The van der Waals surface area contributed by atoms with Gasteiger partial charge in [0.1, 0.15) is 11.2 Å². The van der Waals surface area contributed by atoms with E-state index >= 15 is 0 Å². The van der Waals surface area contributed by atoms with Crippen LogP contribution in [-0.2, 0) is 18.4 Å². The first-order valence-corrected chi connectivity index (χ1v) is 7.87. The Labute approximate surface area is 144 Å². The van der Waals surface area contributed by atoms with Crippen LogP contribution in [0.4, 0.5) is 10.1 Å². The summed E-state index contributed by atoms with van der Waals surface area (Å²) in [6, 6.07) is 4.36. The summed E-state index contributed by atoms with van der Waals surface area (Å²) >= 11 is 3.15.